The molecule has 1 fully saturated rings. The van der Waals surface area contributed by atoms with Gasteiger partial charge in [-0.05, 0) is 24.0 Å². The van der Waals surface area contributed by atoms with Crippen LogP contribution in [0, 0.1) is 5.82 Å². The number of fused-ring (bicyclic) bond motifs is 1. The van der Waals surface area contributed by atoms with Crippen LogP contribution in [0.4, 0.5) is 4.39 Å². The van der Waals surface area contributed by atoms with E-state index < -0.39 is 23.5 Å². The number of imide groups is 1. The van der Waals surface area contributed by atoms with Crippen LogP contribution < -0.4 is 11.0 Å². The van der Waals surface area contributed by atoms with E-state index in [9.17, 15) is 18.8 Å². The summed E-state index contributed by atoms with van der Waals surface area (Å²) in [6.45, 7) is 7.75. The highest BCUT2D eigenvalue weighted by Gasteiger charge is 2.31. The van der Waals surface area contributed by atoms with Crippen molar-refractivity contribution in [1.82, 2.24) is 14.5 Å². The number of hydrogen-bond acceptors (Lipinski definition) is 3. The lowest BCUT2D eigenvalue weighted by Gasteiger charge is -2.22. The number of nitrogens with one attached hydrogen (secondary N) is 1. The molecule has 1 aromatic carbocycles. The number of nitrogens with zero attached hydrogens (tertiary/aromatic N) is 2. The second kappa shape index (κ2) is 7.21. The van der Waals surface area contributed by atoms with Gasteiger partial charge in [0.15, 0.2) is 0 Å². The summed E-state index contributed by atoms with van der Waals surface area (Å²) >= 11 is 0. The van der Waals surface area contributed by atoms with Crippen molar-refractivity contribution >= 4 is 22.8 Å². The summed E-state index contributed by atoms with van der Waals surface area (Å²) in [4.78, 5) is 35.9. The molecule has 7 heteroatoms. The van der Waals surface area contributed by atoms with Crippen molar-refractivity contribution in [3.63, 3.8) is 0 Å². The molecule has 0 radical (unpaired) electrons. The van der Waals surface area contributed by atoms with Gasteiger partial charge in [-0.1, -0.05) is 27.7 Å². The summed E-state index contributed by atoms with van der Waals surface area (Å²) in [5.74, 6) is -1.30. The van der Waals surface area contributed by atoms with E-state index in [0.29, 0.717) is 16.6 Å². The molecule has 136 valence electrons. The largest absolute Gasteiger partial charge is 0.329 e. The molecule has 2 aromatic rings. The number of rotatable bonds is 2. The number of benzene rings is 1. The molecule has 1 saturated heterocycles. The number of halogens is 1. The lowest BCUT2D eigenvalue weighted by molar-refractivity contribution is -0.135. The third-order valence-electron chi connectivity index (χ3n) is 4.35. The quantitative estimate of drug-likeness (QED) is 0.847. The van der Waals surface area contributed by atoms with Crippen molar-refractivity contribution in [3.05, 3.63) is 34.0 Å². The highest BCUT2D eigenvalue weighted by atomic mass is 19.1. The fourth-order valence-corrected chi connectivity index (χ4v) is 3.07. The molecule has 3 rings (SSSR count). The minimum atomic E-state index is -0.798. The molecule has 1 aliphatic heterocycles. The second-order valence-corrected chi connectivity index (χ2v) is 6.20. The van der Waals surface area contributed by atoms with Crippen LogP contribution >= 0.6 is 0 Å². The Morgan fingerprint density at radius 2 is 1.80 bits per heavy atom. The summed E-state index contributed by atoms with van der Waals surface area (Å²) in [6.07, 6.45) is 0.392. The molecular formula is C18H24FN3O3. The van der Waals surface area contributed by atoms with Crippen LogP contribution in [0.25, 0.3) is 11.0 Å². The smallest absolute Gasteiger partial charge is 0.295 e. The molecule has 6 nitrogen and oxygen atoms in total. The predicted octanol–water partition coefficient (Wildman–Crippen LogP) is 2.61. The molecule has 0 saturated carbocycles. The number of aromatic nitrogens is 2. The van der Waals surface area contributed by atoms with Crippen LogP contribution in [-0.4, -0.2) is 20.9 Å². The average Bonchev–Trinajstić information content (AvgIpc) is 2.80. The third-order valence-corrected chi connectivity index (χ3v) is 4.35. The van der Waals surface area contributed by atoms with Gasteiger partial charge in [0, 0.05) is 19.5 Å². The monoisotopic (exact) mass is 349 g/mol. The Hall–Kier alpha value is -2.44. The van der Waals surface area contributed by atoms with E-state index in [1.165, 1.54) is 15.2 Å². The van der Waals surface area contributed by atoms with Crippen molar-refractivity contribution in [1.29, 1.82) is 0 Å². The maximum atomic E-state index is 14.3. The number of hydrogen-bond donors (Lipinski definition) is 1. The molecule has 0 aliphatic carbocycles. The Morgan fingerprint density at radius 1 is 1.16 bits per heavy atom. The summed E-state index contributed by atoms with van der Waals surface area (Å²) in [5, 5.41) is 2.23. The molecule has 25 heavy (non-hydrogen) atoms. The Kier molecular flexibility index (Phi) is 5.45. The van der Waals surface area contributed by atoms with Gasteiger partial charge in [-0.25, -0.2) is 9.18 Å². The zero-order valence-corrected chi connectivity index (χ0v) is 15.2. The first-order valence-corrected chi connectivity index (χ1v) is 8.55. The van der Waals surface area contributed by atoms with Gasteiger partial charge in [0.1, 0.15) is 11.9 Å². The lowest BCUT2D eigenvalue weighted by Crippen LogP contribution is -2.44. The highest BCUT2D eigenvalue weighted by molar-refractivity contribution is 6.00. The minimum Gasteiger partial charge on any atom is -0.295 e. The first-order valence-electron chi connectivity index (χ1n) is 8.55. The Balaban J connectivity index is 0.00000109. The Bertz CT molecular complexity index is 880. The van der Waals surface area contributed by atoms with Gasteiger partial charge in [-0.3, -0.25) is 24.0 Å². The van der Waals surface area contributed by atoms with E-state index in [1.807, 2.05) is 27.7 Å². The number of piperidine rings is 1. The van der Waals surface area contributed by atoms with E-state index in [1.54, 1.807) is 13.1 Å². The second-order valence-electron chi connectivity index (χ2n) is 6.20. The molecule has 2 amide bonds. The fourth-order valence-electron chi connectivity index (χ4n) is 3.07. The van der Waals surface area contributed by atoms with Gasteiger partial charge in [-0.2, -0.15) is 0 Å². The number of carbonyl (C=O) groups is 2. The van der Waals surface area contributed by atoms with Crippen LogP contribution in [0.15, 0.2) is 16.9 Å². The number of carbonyl (C=O) groups excluding carboxylic acids is 2. The van der Waals surface area contributed by atoms with Gasteiger partial charge in [-0.15, -0.1) is 0 Å². The van der Waals surface area contributed by atoms with Crippen LogP contribution in [0.1, 0.15) is 58.1 Å². The molecule has 0 spiro atoms. The van der Waals surface area contributed by atoms with Gasteiger partial charge >= 0.3 is 5.69 Å². The standard InChI is InChI=1S/C16H18FN3O3.C2H6/c1-8(2)9-6-12-13(7-10(9)17)20(16(23)19(12)3)11-4-5-14(21)18-15(11)22;1-2/h6-8,11H,4-5H2,1-3H3,(H,18,21,22);1-2H3. The van der Waals surface area contributed by atoms with E-state index in [4.69, 9.17) is 0 Å². The van der Waals surface area contributed by atoms with Crippen LogP contribution in [0.3, 0.4) is 0 Å². The van der Waals surface area contributed by atoms with Gasteiger partial charge < -0.3 is 0 Å². The maximum absolute atomic E-state index is 14.3. The molecule has 1 atom stereocenters. The Morgan fingerprint density at radius 3 is 2.36 bits per heavy atom. The van der Waals surface area contributed by atoms with Crippen LogP contribution in [0.5, 0.6) is 0 Å². The van der Waals surface area contributed by atoms with Crippen molar-refractivity contribution in [3.8, 4) is 0 Å². The summed E-state index contributed by atoms with van der Waals surface area (Å²) in [6, 6.07) is 2.16. The maximum Gasteiger partial charge on any atom is 0.329 e. The SMILES string of the molecule is CC.CC(C)c1cc2c(cc1F)n(C1CCC(=O)NC1=O)c(=O)n2C. The molecule has 1 unspecified atom stereocenters. The molecule has 1 aliphatic rings. The van der Waals surface area contributed by atoms with E-state index in [-0.39, 0.29) is 24.7 Å². The first kappa shape index (κ1) is 18.9. The van der Waals surface area contributed by atoms with Crippen molar-refractivity contribution < 1.29 is 14.0 Å². The van der Waals surface area contributed by atoms with Crippen LogP contribution in [0.2, 0.25) is 0 Å². The van der Waals surface area contributed by atoms with Crippen LogP contribution in [-0.2, 0) is 16.6 Å². The lowest BCUT2D eigenvalue weighted by atomic mass is 10.0. The topological polar surface area (TPSA) is 73.1 Å². The van der Waals surface area contributed by atoms with Gasteiger partial charge in [0.2, 0.25) is 11.8 Å². The van der Waals surface area contributed by atoms with Gasteiger partial charge in [0.05, 0.1) is 11.0 Å². The normalized spacial score (nSPS) is 17.5. The fraction of sp³-hybridized carbons (Fsp3) is 0.500. The summed E-state index contributed by atoms with van der Waals surface area (Å²) < 4.78 is 17.0. The highest BCUT2D eigenvalue weighted by Crippen LogP contribution is 2.27. The Labute approximate surface area is 145 Å². The molecular weight excluding hydrogens is 325 g/mol. The molecule has 1 aromatic heterocycles. The predicted molar refractivity (Wildman–Crippen MR) is 94.0 cm³/mol. The average molecular weight is 349 g/mol. The first-order chi connectivity index (χ1) is 11.8. The number of aryl methyl sites for hydroxylation is 1. The number of amides is 2. The molecule has 1 N–H and O–H groups in total. The summed E-state index contributed by atoms with van der Waals surface area (Å²) in [5.41, 5.74) is 1.07. The molecule has 0 bridgehead atoms. The van der Waals surface area contributed by atoms with E-state index in [0.717, 1.165) is 0 Å². The van der Waals surface area contributed by atoms with Crippen molar-refractivity contribution in [2.45, 2.75) is 52.5 Å². The zero-order valence-electron chi connectivity index (χ0n) is 15.2. The van der Waals surface area contributed by atoms with Crippen molar-refractivity contribution in [2.75, 3.05) is 0 Å². The minimum absolute atomic E-state index is 0.0200. The van der Waals surface area contributed by atoms with E-state index in [2.05, 4.69) is 5.32 Å². The summed E-state index contributed by atoms with van der Waals surface area (Å²) in [7, 11) is 1.59. The van der Waals surface area contributed by atoms with Gasteiger partial charge in [0.25, 0.3) is 0 Å². The number of imidazole rings is 1. The molecule has 2 heterocycles. The third kappa shape index (κ3) is 3.23. The van der Waals surface area contributed by atoms with E-state index >= 15 is 0 Å². The zero-order chi connectivity index (χ0) is 18.9. The van der Waals surface area contributed by atoms with Crippen molar-refractivity contribution in [2.24, 2.45) is 7.05 Å².